The first-order valence-corrected chi connectivity index (χ1v) is 6.72. The number of amides is 1. The van der Waals surface area contributed by atoms with Crippen LogP contribution < -0.4 is 0 Å². The summed E-state index contributed by atoms with van der Waals surface area (Å²) in [5.74, 6) is -1.22. The first-order chi connectivity index (χ1) is 9.61. The maximum Gasteiger partial charge on any atom is 0.354 e. The molecule has 0 aromatic carbocycles. The number of carbonyl (C=O) groups is 2. The summed E-state index contributed by atoms with van der Waals surface area (Å²) in [7, 11) is 0. The van der Waals surface area contributed by atoms with Crippen LogP contribution in [0.5, 0.6) is 0 Å². The summed E-state index contributed by atoms with van der Waals surface area (Å²) < 4.78 is 5.56. The normalized spacial score (nSPS) is 18.9. The van der Waals surface area contributed by atoms with Crippen LogP contribution in [-0.2, 0) is 4.74 Å². The molecule has 0 saturated carbocycles. The molecule has 0 aliphatic carbocycles. The standard InChI is InChI=1S/C14H18N2O4/c1-2-20-11-4-3-7-16(9-11)13(17)10-5-6-12(14(18)19)15-8-10/h5-6,8,11H,2-4,7,9H2,1H3,(H,18,19). The molecule has 1 aromatic heterocycles. The minimum absolute atomic E-state index is 0.0626. The molecule has 2 heterocycles. The summed E-state index contributed by atoms with van der Waals surface area (Å²) in [4.78, 5) is 28.5. The number of ether oxygens (including phenoxy) is 1. The number of nitrogens with zero attached hydrogens (tertiary/aromatic N) is 2. The Morgan fingerprint density at radius 2 is 2.30 bits per heavy atom. The first-order valence-electron chi connectivity index (χ1n) is 6.72. The molecule has 0 radical (unpaired) electrons. The van der Waals surface area contributed by atoms with Gasteiger partial charge >= 0.3 is 5.97 Å². The maximum atomic E-state index is 12.3. The lowest BCUT2D eigenvalue weighted by molar-refractivity contribution is 0.00722. The number of hydrogen-bond donors (Lipinski definition) is 1. The molecule has 20 heavy (non-hydrogen) atoms. The third-order valence-corrected chi connectivity index (χ3v) is 3.30. The van der Waals surface area contributed by atoms with Crippen molar-refractivity contribution in [2.45, 2.75) is 25.9 Å². The number of carboxylic acid groups (broad SMARTS) is 1. The third kappa shape index (κ3) is 3.33. The van der Waals surface area contributed by atoms with Gasteiger partial charge in [-0.2, -0.15) is 0 Å². The van der Waals surface area contributed by atoms with E-state index in [-0.39, 0.29) is 17.7 Å². The lowest BCUT2D eigenvalue weighted by Crippen LogP contribution is -2.43. The summed E-state index contributed by atoms with van der Waals surface area (Å²) >= 11 is 0. The van der Waals surface area contributed by atoms with Gasteiger partial charge in [0.1, 0.15) is 5.69 Å². The molecule has 2 rings (SSSR count). The highest BCUT2D eigenvalue weighted by Gasteiger charge is 2.24. The van der Waals surface area contributed by atoms with Crippen molar-refractivity contribution in [3.8, 4) is 0 Å². The highest BCUT2D eigenvalue weighted by Crippen LogP contribution is 2.16. The predicted octanol–water partition coefficient (Wildman–Crippen LogP) is 1.42. The van der Waals surface area contributed by atoms with E-state index in [0.717, 1.165) is 12.8 Å². The zero-order chi connectivity index (χ0) is 14.5. The van der Waals surface area contributed by atoms with E-state index in [1.807, 2.05) is 6.92 Å². The van der Waals surface area contributed by atoms with Crippen LogP contribution in [0.1, 0.15) is 40.6 Å². The molecule has 1 unspecified atom stereocenters. The second-order valence-corrected chi connectivity index (χ2v) is 4.71. The van der Waals surface area contributed by atoms with Gasteiger partial charge in [0, 0.05) is 25.9 Å². The summed E-state index contributed by atoms with van der Waals surface area (Å²) in [6.07, 6.45) is 3.28. The fraction of sp³-hybridized carbons (Fsp3) is 0.500. The van der Waals surface area contributed by atoms with Gasteiger partial charge in [-0.1, -0.05) is 0 Å². The van der Waals surface area contributed by atoms with Gasteiger partial charge < -0.3 is 14.7 Å². The van der Waals surface area contributed by atoms with Crippen molar-refractivity contribution in [2.24, 2.45) is 0 Å². The van der Waals surface area contributed by atoms with E-state index in [9.17, 15) is 9.59 Å². The molecular weight excluding hydrogens is 260 g/mol. The molecule has 1 aliphatic rings. The largest absolute Gasteiger partial charge is 0.477 e. The average Bonchev–Trinajstić information content (AvgIpc) is 2.47. The van der Waals surface area contributed by atoms with Gasteiger partial charge in [-0.15, -0.1) is 0 Å². The summed E-state index contributed by atoms with van der Waals surface area (Å²) in [5.41, 5.74) is 0.347. The molecule has 6 nitrogen and oxygen atoms in total. The molecule has 108 valence electrons. The fourth-order valence-electron chi connectivity index (χ4n) is 2.32. The highest BCUT2D eigenvalue weighted by atomic mass is 16.5. The molecule has 1 amide bonds. The zero-order valence-corrected chi connectivity index (χ0v) is 11.4. The fourth-order valence-corrected chi connectivity index (χ4v) is 2.32. The minimum Gasteiger partial charge on any atom is -0.477 e. The van der Waals surface area contributed by atoms with Crippen molar-refractivity contribution >= 4 is 11.9 Å². The van der Waals surface area contributed by atoms with Crippen LogP contribution in [0.2, 0.25) is 0 Å². The van der Waals surface area contributed by atoms with Crippen molar-refractivity contribution in [1.82, 2.24) is 9.88 Å². The Labute approximate surface area is 117 Å². The zero-order valence-electron chi connectivity index (χ0n) is 11.4. The van der Waals surface area contributed by atoms with Gasteiger partial charge in [-0.3, -0.25) is 4.79 Å². The number of piperidine rings is 1. The van der Waals surface area contributed by atoms with Gasteiger partial charge in [0.05, 0.1) is 11.7 Å². The summed E-state index contributed by atoms with van der Waals surface area (Å²) in [5, 5.41) is 8.78. The van der Waals surface area contributed by atoms with Crippen LogP contribution in [0.3, 0.4) is 0 Å². The van der Waals surface area contributed by atoms with Crippen LogP contribution in [-0.4, -0.2) is 52.7 Å². The number of carbonyl (C=O) groups excluding carboxylic acids is 1. The first kappa shape index (κ1) is 14.5. The number of likely N-dealkylation sites (tertiary alicyclic amines) is 1. The predicted molar refractivity (Wildman–Crippen MR) is 71.7 cm³/mol. The van der Waals surface area contributed by atoms with Crippen LogP contribution in [0.25, 0.3) is 0 Å². The van der Waals surface area contributed by atoms with Crippen LogP contribution >= 0.6 is 0 Å². The van der Waals surface area contributed by atoms with E-state index in [4.69, 9.17) is 9.84 Å². The number of aromatic carboxylic acids is 1. The van der Waals surface area contributed by atoms with Crippen molar-refractivity contribution in [1.29, 1.82) is 0 Å². The smallest absolute Gasteiger partial charge is 0.354 e. The van der Waals surface area contributed by atoms with E-state index in [0.29, 0.717) is 25.3 Å². The maximum absolute atomic E-state index is 12.3. The number of rotatable bonds is 4. The van der Waals surface area contributed by atoms with E-state index in [1.165, 1.54) is 18.3 Å². The molecular formula is C14H18N2O4. The number of carboxylic acids is 1. The van der Waals surface area contributed by atoms with Crippen LogP contribution in [0, 0.1) is 0 Å². The lowest BCUT2D eigenvalue weighted by atomic mass is 10.1. The van der Waals surface area contributed by atoms with E-state index in [2.05, 4.69) is 4.98 Å². The number of hydrogen-bond acceptors (Lipinski definition) is 4. The number of pyridine rings is 1. The van der Waals surface area contributed by atoms with Crippen molar-refractivity contribution in [3.05, 3.63) is 29.6 Å². The van der Waals surface area contributed by atoms with E-state index >= 15 is 0 Å². The van der Waals surface area contributed by atoms with Gasteiger partial charge in [-0.05, 0) is 31.9 Å². The van der Waals surface area contributed by atoms with Crippen LogP contribution in [0.4, 0.5) is 0 Å². The van der Waals surface area contributed by atoms with Crippen molar-refractivity contribution in [3.63, 3.8) is 0 Å². The molecule has 1 atom stereocenters. The number of aromatic nitrogens is 1. The third-order valence-electron chi connectivity index (χ3n) is 3.30. The topological polar surface area (TPSA) is 79.7 Å². The Morgan fingerprint density at radius 3 is 2.90 bits per heavy atom. The lowest BCUT2D eigenvalue weighted by Gasteiger charge is -2.32. The molecule has 1 N–H and O–H groups in total. The molecule has 6 heteroatoms. The van der Waals surface area contributed by atoms with Gasteiger partial charge in [-0.25, -0.2) is 9.78 Å². The van der Waals surface area contributed by atoms with Gasteiger partial charge in [0.15, 0.2) is 0 Å². The Bertz CT molecular complexity index is 484. The van der Waals surface area contributed by atoms with Gasteiger partial charge in [0.25, 0.3) is 5.91 Å². The second kappa shape index (κ2) is 6.47. The molecule has 0 spiro atoms. The quantitative estimate of drug-likeness (QED) is 0.901. The second-order valence-electron chi connectivity index (χ2n) is 4.71. The molecule has 1 aromatic rings. The molecule has 1 aliphatic heterocycles. The molecule has 1 fully saturated rings. The van der Waals surface area contributed by atoms with E-state index in [1.54, 1.807) is 4.90 Å². The van der Waals surface area contributed by atoms with Crippen molar-refractivity contribution < 1.29 is 19.4 Å². The molecule has 1 saturated heterocycles. The molecule has 0 bridgehead atoms. The summed E-state index contributed by atoms with van der Waals surface area (Å²) in [6.45, 7) is 3.85. The Balaban J connectivity index is 2.04. The Hall–Kier alpha value is -1.95. The Kier molecular flexibility index (Phi) is 4.68. The van der Waals surface area contributed by atoms with Gasteiger partial charge in [0.2, 0.25) is 0 Å². The SMILES string of the molecule is CCOC1CCCN(C(=O)c2ccc(C(=O)O)nc2)C1. The van der Waals surface area contributed by atoms with Crippen LogP contribution in [0.15, 0.2) is 18.3 Å². The minimum atomic E-state index is -1.10. The van der Waals surface area contributed by atoms with E-state index < -0.39 is 5.97 Å². The summed E-state index contributed by atoms with van der Waals surface area (Å²) in [6, 6.07) is 2.85. The monoisotopic (exact) mass is 278 g/mol. The Morgan fingerprint density at radius 1 is 1.50 bits per heavy atom. The highest BCUT2D eigenvalue weighted by molar-refractivity contribution is 5.95. The van der Waals surface area contributed by atoms with Crippen molar-refractivity contribution in [2.75, 3.05) is 19.7 Å². The average molecular weight is 278 g/mol.